The molecule has 1 atom stereocenters. The molecule has 3 heterocycles. The number of hydrogen-bond acceptors (Lipinski definition) is 4. The molecule has 2 aliphatic heterocycles. The molecule has 2 fully saturated rings. The summed E-state index contributed by atoms with van der Waals surface area (Å²) in [5.74, 6) is 1.08. The molecule has 2 aromatic rings. The van der Waals surface area contributed by atoms with Crippen LogP contribution in [0.3, 0.4) is 0 Å². The van der Waals surface area contributed by atoms with Crippen LogP contribution in [0, 0.1) is 12.3 Å². The van der Waals surface area contributed by atoms with Gasteiger partial charge in [-0.15, -0.1) is 0 Å². The summed E-state index contributed by atoms with van der Waals surface area (Å²) in [6.07, 6.45) is 4.57. The van der Waals surface area contributed by atoms with Crippen LogP contribution >= 0.6 is 11.6 Å². The van der Waals surface area contributed by atoms with Crippen LogP contribution in [-0.4, -0.2) is 78.5 Å². The number of piperazine rings is 1. The Morgan fingerprint density at radius 2 is 2.00 bits per heavy atom. The predicted molar refractivity (Wildman–Crippen MR) is 128 cm³/mol. The second kappa shape index (κ2) is 10.3. The number of hydrogen-bond donors (Lipinski definition) is 1. The number of carbonyl (C=O) groups is 1. The monoisotopic (exact) mass is 458 g/mol. The van der Waals surface area contributed by atoms with Gasteiger partial charge in [-0.05, 0) is 69.3 Å². The topological polar surface area (TPSA) is 51.8 Å². The Kier molecular flexibility index (Phi) is 7.44. The SMILES string of the molecule is Cc1cc(OC[C@@]2(CC(=O)N3CCN(C)CC3)CCCN(Cc3ccc[nH]3)C2)ccc1Cl. The number of carbonyl (C=O) groups excluding carboxylic acids is 1. The van der Waals surface area contributed by atoms with Gasteiger partial charge >= 0.3 is 0 Å². The quantitative estimate of drug-likeness (QED) is 0.685. The first-order valence-corrected chi connectivity index (χ1v) is 12.0. The Balaban J connectivity index is 1.48. The molecule has 7 heteroatoms. The van der Waals surface area contributed by atoms with Gasteiger partial charge in [0.25, 0.3) is 0 Å². The predicted octanol–water partition coefficient (Wildman–Crippen LogP) is 3.80. The van der Waals surface area contributed by atoms with Crippen molar-refractivity contribution < 1.29 is 9.53 Å². The second-order valence-corrected chi connectivity index (χ2v) is 9.98. The van der Waals surface area contributed by atoms with Crippen LogP contribution in [-0.2, 0) is 11.3 Å². The molecule has 0 radical (unpaired) electrons. The molecule has 0 spiro atoms. The maximum atomic E-state index is 13.3. The summed E-state index contributed by atoms with van der Waals surface area (Å²) in [4.78, 5) is 23.4. The molecule has 4 rings (SSSR count). The number of aryl methyl sites for hydroxylation is 1. The highest BCUT2D eigenvalue weighted by molar-refractivity contribution is 6.31. The lowest BCUT2D eigenvalue weighted by molar-refractivity contribution is -0.137. The van der Waals surface area contributed by atoms with E-state index in [-0.39, 0.29) is 11.3 Å². The van der Waals surface area contributed by atoms with E-state index < -0.39 is 0 Å². The molecule has 2 saturated heterocycles. The minimum absolute atomic E-state index is 0.196. The highest BCUT2D eigenvalue weighted by Crippen LogP contribution is 2.36. The third kappa shape index (κ3) is 5.85. The lowest BCUT2D eigenvalue weighted by Gasteiger charge is -2.43. The Hall–Kier alpha value is -2.02. The van der Waals surface area contributed by atoms with E-state index in [4.69, 9.17) is 16.3 Å². The fourth-order valence-electron chi connectivity index (χ4n) is 4.90. The Morgan fingerprint density at radius 1 is 1.19 bits per heavy atom. The average Bonchev–Trinajstić information content (AvgIpc) is 3.28. The van der Waals surface area contributed by atoms with Gasteiger partial charge in [0.05, 0.1) is 6.61 Å². The highest BCUT2D eigenvalue weighted by Gasteiger charge is 2.40. The van der Waals surface area contributed by atoms with E-state index in [0.29, 0.717) is 13.0 Å². The van der Waals surface area contributed by atoms with E-state index in [2.05, 4.69) is 27.9 Å². The average molecular weight is 459 g/mol. The van der Waals surface area contributed by atoms with Crippen molar-refractivity contribution in [2.45, 2.75) is 32.7 Å². The summed E-state index contributed by atoms with van der Waals surface area (Å²) < 4.78 is 6.30. The van der Waals surface area contributed by atoms with Crippen molar-refractivity contribution in [2.24, 2.45) is 5.41 Å². The van der Waals surface area contributed by atoms with E-state index in [1.807, 2.05) is 42.3 Å². The molecular weight excluding hydrogens is 424 g/mol. The van der Waals surface area contributed by atoms with Gasteiger partial charge in [0.15, 0.2) is 0 Å². The van der Waals surface area contributed by atoms with Crippen LogP contribution in [0.25, 0.3) is 0 Å². The zero-order valence-electron chi connectivity index (χ0n) is 19.3. The first-order chi connectivity index (χ1) is 15.4. The minimum atomic E-state index is -0.196. The number of likely N-dealkylation sites (N-methyl/N-ethyl adjacent to an activating group) is 1. The van der Waals surface area contributed by atoms with Gasteiger partial charge in [-0.25, -0.2) is 0 Å². The van der Waals surface area contributed by atoms with Gasteiger partial charge < -0.3 is 19.5 Å². The molecule has 1 aromatic heterocycles. The summed E-state index contributed by atoms with van der Waals surface area (Å²) in [6.45, 7) is 8.81. The number of likely N-dealkylation sites (tertiary alicyclic amines) is 1. The lowest BCUT2D eigenvalue weighted by atomic mass is 9.77. The van der Waals surface area contributed by atoms with Crippen molar-refractivity contribution in [3.8, 4) is 5.75 Å². The molecule has 6 nitrogen and oxygen atoms in total. The number of aromatic nitrogens is 1. The molecule has 1 N–H and O–H groups in total. The summed E-state index contributed by atoms with van der Waals surface area (Å²) in [5.41, 5.74) is 2.02. The summed E-state index contributed by atoms with van der Waals surface area (Å²) in [6, 6.07) is 9.95. The number of H-pyrrole nitrogens is 1. The standard InChI is InChI=1S/C25H35ClN4O2/c1-20-15-22(6-7-23(20)26)32-19-25(16-24(31)30-13-11-28(2)12-14-30)8-4-10-29(18-25)17-21-5-3-9-27-21/h3,5-7,9,15,27H,4,8,10-14,16-19H2,1-2H3/t25-/m1/s1. The van der Waals surface area contributed by atoms with Crippen molar-refractivity contribution in [1.29, 1.82) is 0 Å². The first kappa shape index (κ1) is 23.1. The van der Waals surface area contributed by atoms with Gasteiger partial charge in [0.2, 0.25) is 5.91 Å². The van der Waals surface area contributed by atoms with E-state index in [1.54, 1.807) is 0 Å². The fourth-order valence-corrected chi connectivity index (χ4v) is 5.01. The molecule has 0 aliphatic carbocycles. The fraction of sp³-hybridized carbons (Fsp3) is 0.560. The zero-order chi connectivity index (χ0) is 22.6. The molecule has 0 bridgehead atoms. The van der Waals surface area contributed by atoms with Crippen molar-refractivity contribution in [3.05, 3.63) is 52.8 Å². The van der Waals surface area contributed by atoms with E-state index in [9.17, 15) is 4.79 Å². The minimum Gasteiger partial charge on any atom is -0.493 e. The zero-order valence-corrected chi connectivity index (χ0v) is 20.0. The van der Waals surface area contributed by atoms with Crippen LogP contribution in [0.5, 0.6) is 5.75 Å². The Bertz CT molecular complexity index is 895. The summed E-state index contributed by atoms with van der Waals surface area (Å²) in [5, 5.41) is 0.743. The number of benzene rings is 1. The first-order valence-electron chi connectivity index (χ1n) is 11.6. The number of nitrogens with zero attached hydrogens (tertiary/aromatic N) is 3. The number of rotatable bonds is 7. The number of ether oxygens (including phenoxy) is 1. The van der Waals surface area contributed by atoms with Crippen molar-refractivity contribution >= 4 is 17.5 Å². The van der Waals surface area contributed by atoms with Crippen LogP contribution in [0.1, 0.15) is 30.5 Å². The van der Waals surface area contributed by atoms with Gasteiger partial charge in [-0.3, -0.25) is 9.69 Å². The van der Waals surface area contributed by atoms with E-state index >= 15 is 0 Å². The molecule has 32 heavy (non-hydrogen) atoms. The summed E-state index contributed by atoms with van der Waals surface area (Å²) >= 11 is 6.19. The summed E-state index contributed by atoms with van der Waals surface area (Å²) in [7, 11) is 2.12. The van der Waals surface area contributed by atoms with Gasteiger partial charge in [0, 0.05) is 68.0 Å². The van der Waals surface area contributed by atoms with Crippen molar-refractivity contribution in [3.63, 3.8) is 0 Å². The number of halogens is 1. The van der Waals surface area contributed by atoms with Crippen LogP contribution < -0.4 is 4.74 Å². The number of nitrogens with one attached hydrogen (secondary N) is 1. The molecular formula is C25H35ClN4O2. The smallest absolute Gasteiger partial charge is 0.223 e. The van der Waals surface area contributed by atoms with Gasteiger partial charge in [-0.2, -0.15) is 0 Å². The van der Waals surface area contributed by atoms with Crippen LogP contribution in [0.2, 0.25) is 5.02 Å². The molecule has 2 aliphatic rings. The number of amides is 1. The third-order valence-electron chi connectivity index (χ3n) is 6.85. The van der Waals surface area contributed by atoms with Crippen LogP contribution in [0.4, 0.5) is 0 Å². The molecule has 1 aromatic carbocycles. The maximum absolute atomic E-state index is 13.3. The molecule has 0 saturated carbocycles. The third-order valence-corrected chi connectivity index (χ3v) is 7.28. The number of aromatic amines is 1. The van der Waals surface area contributed by atoms with Gasteiger partial charge in [-0.1, -0.05) is 11.6 Å². The second-order valence-electron chi connectivity index (χ2n) is 9.57. The Morgan fingerprint density at radius 3 is 2.72 bits per heavy atom. The van der Waals surface area contributed by atoms with Crippen molar-refractivity contribution in [2.75, 3.05) is 52.9 Å². The lowest BCUT2D eigenvalue weighted by Crippen LogP contribution is -2.52. The van der Waals surface area contributed by atoms with Crippen LogP contribution in [0.15, 0.2) is 36.5 Å². The largest absolute Gasteiger partial charge is 0.493 e. The Labute approximate surface area is 196 Å². The highest BCUT2D eigenvalue weighted by atomic mass is 35.5. The maximum Gasteiger partial charge on any atom is 0.223 e. The molecule has 1 amide bonds. The van der Waals surface area contributed by atoms with E-state index in [1.165, 1.54) is 5.69 Å². The molecule has 174 valence electrons. The van der Waals surface area contributed by atoms with Crippen molar-refractivity contribution in [1.82, 2.24) is 19.7 Å². The normalized spacial score (nSPS) is 22.8. The number of piperidine rings is 1. The van der Waals surface area contributed by atoms with Gasteiger partial charge in [0.1, 0.15) is 5.75 Å². The van der Waals surface area contributed by atoms with E-state index in [0.717, 1.165) is 75.0 Å². The molecule has 0 unspecified atom stereocenters.